The summed E-state index contributed by atoms with van der Waals surface area (Å²) in [5, 5.41) is 2.70. The van der Waals surface area contributed by atoms with E-state index in [1.165, 1.54) is 6.07 Å². The molecule has 0 aliphatic carbocycles. The van der Waals surface area contributed by atoms with E-state index in [0.29, 0.717) is 5.92 Å². The molecule has 3 rings (SSSR count). The third-order valence-corrected chi connectivity index (χ3v) is 4.94. The Balaban J connectivity index is 2.02. The highest BCUT2D eigenvalue weighted by atomic mass is 19.4. The molecule has 0 aromatic heterocycles. The van der Waals surface area contributed by atoms with Crippen molar-refractivity contribution in [1.82, 2.24) is 10.4 Å². The van der Waals surface area contributed by atoms with Crippen LogP contribution < -0.4 is 5.43 Å². The molecule has 0 saturated carbocycles. The second-order valence-corrected chi connectivity index (χ2v) is 8.44. The summed E-state index contributed by atoms with van der Waals surface area (Å²) in [6, 6.07) is 8.85. The Hall–Kier alpha value is -2.08. The van der Waals surface area contributed by atoms with Crippen molar-refractivity contribution in [3.8, 4) is 0 Å². The van der Waals surface area contributed by atoms with Crippen molar-refractivity contribution in [2.75, 3.05) is 6.54 Å². The van der Waals surface area contributed by atoms with Gasteiger partial charge in [0.05, 0.1) is 5.41 Å². The minimum atomic E-state index is -4.50. The van der Waals surface area contributed by atoms with E-state index in [4.69, 9.17) is 0 Å². The van der Waals surface area contributed by atoms with Gasteiger partial charge in [-0.25, -0.2) is 5.01 Å². The number of benzene rings is 2. The molecule has 0 spiro atoms. The number of amides is 1. The van der Waals surface area contributed by atoms with Crippen molar-refractivity contribution in [3.05, 3.63) is 47.5 Å². The van der Waals surface area contributed by atoms with Crippen molar-refractivity contribution in [2.24, 2.45) is 11.3 Å². The van der Waals surface area contributed by atoms with Crippen LogP contribution in [0, 0.1) is 11.3 Å². The van der Waals surface area contributed by atoms with Gasteiger partial charge in [0.1, 0.15) is 6.04 Å². The number of nitrogens with one attached hydrogen (secondary N) is 1. The van der Waals surface area contributed by atoms with Crippen LogP contribution in [-0.2, 0) is 11.2 Å². The average molecular weight is 378 g/mol. The molecule has 1 amide bonds. The second-order valence-electron chi connectivity index (χ2n) is 8.44. The van der Waals surface area contributed by atoms with E-state index in [-0.39, 0.29) is 12.1 Å². The van der Waals surface area contributed by atoms with Crippen LogP contribution in [-0.4, -0.2) is 23.6 Å². The topological polar surface area (TPSA) is 32.3 Å². The number of rotatable bonds is 4. The lowest BCUT2D eigenvalue weighted by molar-refractivity contribution is -0.191. The first-order chi connectivity index (χ1) is 12.5. The predicted octanol–water partition coefficient (Wildman–Crippen LogP) is 5.01. The minimum Gasteiger partial charge on any atom is -0.287 e. The number of nitrogens with zero attached hydrogens (tertiary/aromatic N) is 1. The smallest absolute Gasteiger partial charge is 0.287 e. The molecule has 1 aliphatic rings. The number of fused-ring (bicyclic) bond motifs is 1. The standard InChI is InChI=1S/C21H25F3N2O/c1-13(2)9-14-5-6-15-7-8-16(11-17(15)10-14)18(21(22,23)24)26-12-20(3,4)19(27)25-26/h5-8,10-11,13,18H,9,12H2,1-4H3,(H,25,27). The van der Waals surface area contributed by atoms with Gasteiger partial charge in [-0.1, -0.05) is 44.2 Å². The largest absolute Gasteiger partial charge is 0.409 e. The Morgan fingerprint density at radius 1 is 1.11 bits per heavy atom. The summed E-state index contributed by atoms with van der Waals surface area (Å²) >= 11 is 0. The third-order valence-electron chi connectivity index (χ3n) is 4.94. The summed E-state index contributed by atoms with van der Waals surface area (Å²) < 4.78 is 41.7. The molecule has 2 aromatic carbocycles. The van der Waals surface area contributed by atoms with Crippen LogP contribution in [0.1, 0.15) is 44.9 Å². The number of hydrazine groups is 1. The number of halogens is 3. The Morgan fingerprint density at radius 3 is 2.33 bits per heavy atom. The molecule has 146 valence electrons. The van der Waals surface area contributed by atoms with E-state index in [1.807, 2.05) is 18.2 Å². The summed E-state index contributed by atoms with van der Waals surface area (Å²) in [4.78, 5) is 12.0. The number of alkyl halides is 3. The molecular weight excluding hydrogens is 353 g/mol. The van der Waals surface area contributed by atoms with Crippen LogP contribution in [0.3, 0.4) is 0 Å². The van der Waals surface area contributed by atoms with E-state index >= 15 is 0 Å². The summed E-state index contributed by atoms with van der Waals surface area (Å²) in [5.41, 5.74) is 2.79. The first-order valence-electron chi connectivity index (χ1n) is 9.14. The Kier molecular flexibility index (Phi) is 4.97. The van der Waals surface area contributed by atoms with Gasteiger partial charge in [0.2, 0.25) is 5.91 Å². The van der Waals surface area contributed by atoms with E-state index in [0.717, 1.165) is 27.8 Å². The van der Waals surface area contributed by atoms with Crippen LogP contribution in [0.15, 0.2) is 36.4 Å². The van der Waals surface area contributed by atoms with Crippen LogP contribution in [0.2, 0.25) is 0 Å². The van der Waals surface area contributed by atoms with Gasteiger partial charge in [0, 0.05) is 6.54 Å². The lowest BCUT2D eigenvalue weighted by atomic mass is 9.93. The van der Waals surface area contributed by atoms with Gasteiger partial charge in [-0.05, 0) is 54.2 Å². The Morgan fingerprint density at radius 2 is 1.78 bits per heavy atom. The lowest BCUT2D eigenvalue weighted by Crippen LogP contribution is -2.43. The van der Waals surface area contributed by atoms with E-state index in [9.17, 15) is 18.0 Å². The van der Waals surface area contributed by atoms with Crippen LogP contribution in [0.5, 0.6) is 0 Å². The van der Waals surface area contributed by atoms with Gasteiger partial charge in [0.15, 0.2) is 0 Å². The van der Waals surface area contributed by atoms with Gasteiger partial charge in [-0.3, -0.25) is 10.2 Å². The second kappa shape index (κ2) is 6.82. The number of carbonyl (C=O) groups excluding carboxylic acids is 1. The zero-order valence-corrected chi connectivity index (χ0v) is 16.0. The van der Waals surface area contributed by atoms with Gasteiger partial charge in [0.25, 0.3) is 0 Å². The number of hydrogen-bond acceptors (Lipinski definition) is 2. The fourth-order valence-corrected chi connectivity index (χ4v) is 3.60. The molecule has 1 aliphatic heterocycles. The minimum absolute atomic E-state index is 0.00142. The van der Waals surface area contributed by atoms with Gasteiger partial charge < -0.3 is 0 Å². The van der Waals surface area contributed by atoms with E-state index < -0.39 is 23.5 Å². The molecule has 1 unspecified atom stereocenters. The van der Waals surface area contributed by atoms with Crippen molar-refractivity contribution in [3.63, 3.8) is 0 Å². The van der Waals surface area contributed by atoms with E-state index in [2.05, 4.69) is 19.3 Å². The lowest BCUT2D eigenvalue weighted by Gasteiger charge is -2.30. The maximum absolute atomic E-state index is 13.9. The highest BCUT2D eigenvalue weighted by Gasteiger charge is 2.51. The molecule has 2 aromatic rings. The molecule has 1 N–H and O–H groups in total. The van der Waals surface area contributed by atoms with Crippen molar-refractivity contribution in [2.45, 2.75) is 46.3 Å². The number of hydrogen-bond donors (Lipinski definition) is 1. The first-order valence-corrected chi connectivity index (χ1v) is 9.14. The summed E-state index contributed by atoms with van der Waals surface area (Å²) in [6.45, 7) is 7.51. The van der Waals surface area contributed by atoms with Gasteiger partial charge in [-0.2, -0.15) is 13.2 Å². The monoisotopic (exact) mass is 378 g/mol. The number of carbonyl (C=O) groups is 1. The summed E-state index contributed by atoms with van der Waals surface area (Å²) in [6.07, 6.45) is -3.63. The van der Waals surface area contributed by atoms with Crippen LogP contribution in [0.4, 0.5) is 13.2 Å². The molecule has 3 nitrogen and oxygen atoms in total. The quantitative estimate of drug-likeness (QED) is 0.811. The highest BCUT2D eigenvalue weighted by Crippen LogP contribution is 2.41. The van der Waals surface area contributed by atoms with Crippen LogP contribution >= 0.6 is 0 Å². The fourth-order valence-electron chi connectivity index (χ4n) is 3.60. The fraction of sp³-hybridized carbons (Fsp3) is 0.476. The molecule has 0 radical (unpaired) electrons. The average Bonchev–Trinajstić information content (AvgIpc) is 2.77. The molecule has 1 saturated heterocycles. The first kappa shape index (κ1) is 19.7. The van der Waals surface area contributed by atoms with Gasteiger partial charge >= 0.3 is 6.18 Å². The zero-order valence-electron chi connectivity index (χ0n) is 16.0. The zero-order chi connectivity index (χ0) is 20.0. The molecule has 0 bridgehead atoms. The summed E-state index contributed by atoms with van der Waals surface area (Å²) in [7, 11) is 0. The van der Waals surface area contributed by atoms with Crippen LogP contribution in [0.25, 0.3) is 10.8 Å². The molecule has 6 heteroatoms. The van der Waals surface area contributed by atoms with Crippen molar-refractivity contribution < 1.29 is 18.0 Å². The van der Waals surface area contributed by atoms with Gasteiger partial charge in [-0.15, -0.1) is 0 Å². The highest BCUT2D eigenvalue weighted by molar-refractivity contribution is 5.85. The van der Waals surface area contributed by atoms with Crippen molar-refractivity contribution in [1.29, 1.82) is 0 Å². The SMILES string of the molecule is CC(C)Cc1ccc2ccc(C(N3CC(C)(C)C(=O)N3)C(F)(F)F)cc2c1. The maximum atomic E-state index is 13.9. The Bertz CT molecular complexity index is 858. The maximum Gasteiger partial charge on any atom is 0.409 e. The molecular formula is C21H25F3N2O. The molecule has 1 heterocycles. The molecule has 1 fully saturated rings. The third kappa shape index (κ3) is 4.10. The van der Waals surface area contributed by atoms with Crippen molar-refractivity contribution >= 4 is 16.7 Å². The predicted molar refractivity (Wildman–Crippen MR) is 99.9 cm³/mol. The Labute approximate surface area is 157 Å². The normalized spacial score (nSPS) is 18.9. The van der Waals surface area contributed by atoms with E-state index in [1.54, 1.807) is 26.0 Å². The summed E-state index contributed by atoms with van der Waals surface area (Å²) in [5.74, 6) is 0.0763. The molecule has 1 atom stereocenters. The molecule has 27 heavy (non-hydrogen) atoms.